The average molecular weight is 428 g/mol. The Hall–Kier alpha value is -2.08. The van der Waals surface area contributed by atoms with Crippen molar-refractivity contribution in [2.75, 3.05) is 46.9 Å². The monoisotopic (exact) mass is 427 g/mol. The number of nitrogens with zero attached hydrogens (tertiary/aromatic N) is 3. The van der Waals surface area contributed by atoms with Gasteiger partial charge >= 0.3 is 0 Å². The summed E-state index contributed by atoms with van der Waals surface area (Å²) >= 11 is 0. The van der Waals surface area contributed by atoms with Crippen LogP contribution >= 0.6 is 0 Å². The lowest BCUT2D eigenvalue weighted by atomic mass is 9.83. The Morgan fingerprint density at radius 3 is 2.81 bits per heavy atom. The van der Waals surface area contributed by atoms with Gasteiger partial charge in [-0.3, -0.25) is 9.59 Å². The lowest BCUT2D eigenvalue weighted by Gasteiger charge is -2.45. The van der Waals surface area contributed by atoms with Crippen molar-refractivity contribution in [2.24, 2.45) is 11.8 Å². The highest BCUT2D eigenvalue weighted by molar-refractivity contribution is 5.89. The number of carbonyl (C=O) groups excluding carboxylic acids is 2. The Morgan fingerprint density at radius 2 is 1.97 bits per heavy atom. The Morgan fingerprint density at radius 1 is 1.16 bits per heavy atom. The van der Waals surface area contributed by atoms with Gasteiger partial charge in [0.2, 0.25) is 11.8 Å². The number of ether oxygens (including phenoxy) is 1. The number of benzene rings is 1. The average Bonchev–Trinajstić information content (AvgIpc) is 3.18. The van der Waals surface area contributed by atoms with Crippen LogP contribution in [0.25, 0.3) is 0 Å². The second kappa shape index (κ2) is 10.0. The number of rotatable bonds is 7. The summed E-state index contributed by atoms with van der Waals surface area (Å²) in [5.74, 6) is 1.45. The van der Waals surface area contributed by atoms with Crippen molar-refractivity contribution in [3.63, 3.8) is 0 Å². The second-order valence-corrected chi connectivity index (χ2v) is 9.52. The minimum atomic E-state index is -0.207. The molecule has 1 unspecified atom stereocenters. The summed E-state index contributed by atoms with van der Waals surface area (Å²) in [4.78, 5) is 32.2. The van der Waals surface area contributed by atoms with E-state index in [2.05, 4.69) is 4.90 Å². The fourth-order valence-corrected chi connectivity index (χ4v) is 5.86. The molecule has 6 nitrogen and oxygen atoms in total. The molecule has 4 rings (SSSR count). The Bertz CT molecular complexity index is 781. The zero-order chi connectivity index (χ0) is 21.8. The lowest BCUT2D eigenvalue weighted by molar-refractivity contribution is -0.135. The smallest absolute Gasteiger partial charge is 0.227 e. The van der Waals surface area contributed by atoms with E-state index in [1.54, 1.807) is 7.11 Å². The van der Waals surface area contributed by atoms with E-state index in [-0.39, 0.29) is 17.7 Å². The van der Waals surface area contributed by atoms with Crippen LogP contribution in [-0.4, -0.2) is 79.4 Å². The van der Waals surface area contributed by atoms with Gasteiger partial charge in [-0.25, -0.2) is 0 Å². The molecule has 0 spiro atoms. The topological polar surface area (TPSA) is 53.1 Å². The molecule has 3 atom stereocenters. The summed E-state index contributed by atoms with van der Waals surface area (Å²) < 4.78 is 5.42. The molecule has 0 radical (unpaired) electrons. The van der Waals surface area contributed by atoms with Crippen molar-refractivity contribution < 1.29 is 14.3 Å². The van der Waals surface area contributed by atoms with Crippen LogP contribution in [0.2, 0.25) is 0 Å². The predicted octanol–water partition coefficient (Wildman–Crippen LogP) is 2.81. The maximum atomic E-state index is 13.2. The number of piperidine rings is 2. The number of likely N-dealkylation sites (tertiary alicyclic amines) is 1. The zero-order valence-corrected chi connectivity index (χ0v) is 19.1. The highest BCUT2D eigenvalue weighted by Gasteiger charge is 2.38. The van der Waals surface area contributed by atoms with Gasteiger partial charge in [0.1, 0.15) is 5.75 Å². The molecule has 170 valence electrons. The standard InChI is InChI=1S/C25H37N3O3/c1-26(17-20-9-7-14-27-13-6-5-10-22(20)27)25(30)21-16-24(29)28(18-21)15-12-19-8-3-4-11-23(19)31-2/h3-4,8,11,20-22H,5-7,9-10,12-18H2,1-2H3/t20-,21?,22+/m0/s1. The molecular weight excluding hydrogens is 390 g/mol. The molecule has 0 aliphatic carbocycles. The van der Waals surface area contributed by atoms with Gasteiger partial charge in [0, 0.05) is 39.1 Å². The summed E-state index contributed by atoms with van der Waals surface area (Å²) in [5.41, 5.74) is 1.10. The van der Waals surface area contributed by atoms with Gasteiger partial charge in [0.25, 0.3) is 0 Å². The molecule has 3 aliphatic heterocycles. The van der Waals surface area contributed by atoms with Crippen molar-refractivity contribution in [1.29, 1.82) is 0 Å². The number of hydrogen-bond acceptors (Lipinski definition) is 4. The number of hydrogen-bond donors (Lipinski definition) is 0. The molecule has 0 saturated carbocycles. The molecule has 1 aromatic carbocycles. The maximum absolute atomic E-state index is 13.2. The third-order valence-corrected chi connectivity index (χ3v) is 7.52. The van der Waals surface area contributed by atoms with Crippen LogP contribution in [0.3, 0.4) is 0 Å². The molecule has 3 aliphatic rings. The SMILES string of the molecule is COc1ccccc1CCN1CC(C(=O)N(C)C[C@@H]2CCCN3CCCC[C@H]23)CC1=O. The van der Waals surface area contributed by atoms with Gasteiger partial charge in [0.15, 0.2) is 0 Å². The molecule has 3 fully saturated rings. The van der Waals surface area contributed by atoms with Gasteiger partial charge in [-0.05, 0) is 62.7 Å². The molecule has 2 amide bonds. The van der Waals surface area contributed by atoms with Crippen molar-refractivity contribution in [2.45, 2.75) is 51.0 Å². The highest BCUT2D eigenvalue weighted by Crippen LogP contribution is 2.32. The Kier molecular flexibility index (Phi) is 7.16. The van der Waals surface area contributed by atoms with Gasteiger partial charge in [-0.1, -0.05) is 24.6 Å². The number of para-hydroxylation sites is 1. The summed E-state index contributed by atoms with van der Waals surface area (Å²) in [6.45, 7) is 4.43. The third kappa shape index (κ3) is 5.05. The van der Waals surface area contributed by atoms with E-state index in [1.807, 2.05) is 41.1 Å². The fraction of sp³-hybridized carbons (Fsp3) is 0.680. The van der Waals surface area contributed by atoms with E-state index in [1.165, 1.54) is 45.2 Å². The molecule has 0 aromatic heterocycles. The number of fused-ring (bicyclic) bond motifs is 1. The van der Waals surface area contributed by atoms with Crippen LogP contribution in [0.4, 0.5) is 0 Å². The number of carbonyl (C=O) groups is 2. The van der Waals surface area contributed by atoms with Crippen molar-refractivity contribution in [3.05, 3.63) is 29.8 Å². The molecule has 31 heavy (non-hydrogen) atoms. The van der Waals surface area contributed by atoms with Crippen molar-refractivity contribution in [3.8, 4) is 5.75 Å². The van der Waals surface area contributed by atoms with E-state index in [0.29, 0.717) is 31.5 Å². The number of amides is 2. The first-order valence-corrected chi connectivity index (χ1v) is 12.0. The van der Waals surface area contributed by atoms with E-state index >= 15 is 0 Å². The molecule has 0 bridgehead atoms. The van der Waals surface area contributed by atoms with Gasteiger partial charge in [-0.15, -0.1) is 0 Å². The molecule has 3 saturated heterocycles. The molecule has 6 heteroatoms. The van der Waals surface area contributed by atoms with Crippen LogP contribution in [0.15, 0.2) is 24.3 Å². The minimum Gasteiger partial charge on any atom is -0.496 e. The Labute approximate surface area is 186 Å². The van der Waals surface area contributed by atoms with Crippen LogP contribution < -0.4 is 4.74 Å². The fourth-order valence-electron chi connectivity index (χ4n) is 5.86. The van der Waals surface area contributed by atoms with Crippen molar-refractivity contribution in [1.82, 2.24) is 14.7 Å². The van der Waals surface area contributed by atoms with E-state index in [9.17, 15) is 9.59 Å². The second-order valence-electron chi connectivity index (χ2n) is 9.52. The summed E-state index contributed by atoms with van der Waals surface area (Å²) in [6.07, 6.45) is 7.43. The van der Waals surface area contributed by atoms with Crippen LogP contribution in [0.5, 0.6) is 5.75 Å². The Balaban J connectivity index is 1.30. The summed E-state index contributed by atoms with van der Waals surface area (Å²) in [7, 11) is 3.61. The highest BCUT2D eigenvalue weighted by atomic mass is 16.5. The van der Waals surface area contributed by atoms with Crippen LogP contribution in [0.1, 0.15) is 44.1 Å². The third-order valence-electron chi connectivity index (χ3n) is 7.52. The first-order valence-electron chi connectivity index (χ1n) is 12.0. The zero-order valence-electron chi connectivity index (χ0n) is 19.1. The van der Waals surface area contributed by atoms with Gasteiger partial charge in [-0.2, -0.15) is 0 Å². The minimum absolute atomic E-state index is 0.0952. The van der Waals surface area contributed by atoms with E-state index in [4.69, 9.17) is 4.74 Å². The van der Waals surface area contributed by atoms with Crippen LogP contribution in [0, 0.1) is 11.8 Å². The first-order chi connectivity index (χ1) is 15.1. The molecule has 1 aromatic rings. The molecule has 3 heterocycles. The van der Waals surface area contributed by atoms with E-state index < -0.39 is 0 Å². The summed E-state index contributed by atoms with van der Waals surface area (Å²) in [6, 6.07) is 8.56. The lowest BCUT2D eigenvalue weighted by Crippen LogP contribution is -2.51. The quantitative estimate of drug-likeness (QED) is 0.672. The first kappa shape index (κ1) is 22.1. The predicted molar refractivity (Wildman–Crippen MR) is 121 cm³/mol. The maximum Gasteiger partial charge on any atom is 0.227 e. The van der Waals surface area contributed by atoms with E-state index in [0.717, 1.165) is 24.3 Å². The number of methoxy groups -OCH3 is 1. The summed E-state index contributed by atoms with van der Waals surface area (Å²) in [5, 5.41) is 0. The molecular formula is C25H37N3O3. The van der Waals surface area contributed by atoms with Crippen LogP contribution in [-0.2, 0) is 16.0 Å². The van der Waals surface area contributed by atoms with Crippen molar-refractivity contribution >= 4 is 11.8 Å². The largest absolute Gasteiger partial charge is 0.496 e. The normalized spacial score (nSPS) is 26.6. The molecule has 0 N–H and O–H groups in total. The van der Waals surface area contributed by atoms with Gasteiger partial charge < -0.3 is 19.4 Å². The van der Waals surface area contributed by atoms with Gasteiger partial charge in [0.05, 0.1) is 13.0 Å².